The molecule has 0 spiro atoms. The Balaban J connectivity index is 2.34. The van der Waals surface area contributed by atoms with Gasteiger partial charge in [0.1, 0.15) is 16.6 Å². The molecule has 9 nitrogen and oxygen atoms in total. The number of nitrogens with zero attached hydrogens (tertiary/aromatic N) is 5. The fourth-order valence-electron chi connectivity index (χ4n) is 2.02. The van der Waals surface area contributed by atoms with Crippen LogP contribution in [0.25, 0.3) is 0 Å². The van der Waals surface area contributed by atoms with Crippen molar-refractivity contribution in [1.29, 1.82) is 5.26 Å². The van der Waals surface area contributed by atoms with E-state index in [1.54, 1.807) is 27.7 Å². The summed E-state index contributed by atoms with van der Waals surface area (Å²) < 4.78 is 14.0. The molecule has 0 amide bonds. The molecule has 0 aliphatic heterocycles. The summed E-state index contributed by atoms with van der Waals surface area (Å²) in [5, 5.41) is 18.3. The van der Waals surface area contributed by atoms with Crippen molar-refractivity contribution >= 4 is 44.8 Å². The number of hydrogen-bond acceptors (Lipinski definition) is 11. The molecule has 2 aromatic heterocycles. The van der Waals surface area contributed by atoms with Gasteiger partial charge in [0.25, 0.3) is 0 Å². The average molecular weight is 407 g/mol. The van der Waals surface area contributed by atoms with Gasteiger partial charge in [-0.25, -0.2) is 4.98 Å². The molecule has 2 rings (SSSR count). The van der Waals surface area contributed by atoms with Crippen LogP contribution in [0, 0.1) is 25.2 Å². The van der Waals surface area contributed by atoms with Crippen molar-refractivity contribution in [3.63, 3.8) is 0 Å². The van der Waals surface area contributed by atoms with E-state index in [-0.39, 0.29) is 18.2 Å². The predicted octanol–water partition coefficient (Wildman–Crippen LogP) is 3.71. The zero-order valence-electron chi connectivity index (χ0n) is 15.2. The van der Waals surface area contributed by atoms with E-state index in [0.29, 0.717) is 27.0 Å². The number of aryl methyl sites for hydroxylation is 2. The van der Waals surface area contributed by atoms with Crippen LogP contribution in [0.5, 0.6) is 0 Å². The Morgan fingerprint density at radius 3 is 2.26 bits per heavy atom. The summed E-state index contributed by atoms with van der Waals surface area (Å²) >= 11 is 2.11. The second-order valence-electron chi connectivity index (χ2n) is 5.14. The third-order valence-corrected chi connectivity index (χ3v) is 5.20. The molecular weight excluding hydrogens is 390 g/mol. The number of thiazole rings is 1. The van der Waals surface area contributed by atoms with Crippen molar-refractivity contribution in [3.8, 4) is 6.07 Å². The van der Waals surface area contributed by atoms with Crippen molar-refractivity contribution < 1.29 is 19.1 Å². The van der Waals surface area contributed by atoms with E-state index in [0.717, 1.165) is 22.9 Å². The Morgan fingerprint density at radius 2 is 1.70 bits per heavy atom. The maximum Gasteiger partial charge on any atom is 0.327 e. The minimum absolute atomic E-state index is 0.132. The SMILES string of the molecule is CCOC(=O)C(C(=O)OCC)c1nc(C)c(N=Nc2snc(C)c2C#N)s1. The number of ether oxygens (including phenoxy) is 2. The maximum atomic E-state index is 12.2. The van der Waals surface area contributed by atoms with Crippen LogP contribution in [0.2, 0.25) is 0 Å². The summed E-state index contributed by atoms with van der Waals surface area (Å²) in [6.07, 6.45) is 0. The van der Waals surface area contributed by atoms with E-state index in [4.69, 9.17) is 14.7 Å². The van der Waals surface area contributed by atoms with Gasteiger partial charge in [0.05, 0.1) is 24.6 Å². The fourth-order valence-corrected chi connectivity index (χ4v) is 3.66. The predicted molar refractivity (Wildman–Crippen MR) is 98.6 cm³/mol. The molecule has 27 heavy (non-hydrogen) atoms. The lowest BCUT2D eigenvalue weighted by atomic mass is 10.1. The molecule has 0 fully saturated rings. The van der Waals surface area contributed by atoms with Gasteiger partial charge in [-0.1, -0.05) is 11.3 Å². The van der Waals surface area contributed by atoms with Gasteiger partial charge in [-0.2, -0.15) is 9.64 Å². The van der Waals surface area contributed by atoms with Crippen LogP contribution in [0.3, 0.4) is 0 Å². The number of carbonyl (C=O) groups is 2. The molecule has 0 aliphatic carbocycles. The molecule has 0 radical (unpaired) electrons. The van der Waals surface area contributed by atoms with Crippen molar-refractivity contribution in [2.24, 2.45) is 10.2 Å². The summed E-state index contributed by atoms with van der Waals surface area (Å²) in [7, 11) is 0. The van der Waals surface area contributed by atoms with E-state index in [9.17, 15) is 9.59 Å². The maximum absolute atomic E-state index is 12.2. The Kier molecular flexibility index (Phi) is 7.09. The highest BCUT2D eigenvalue weighted by atomic mass is 32.1. The summed E-state index contributed by atoms with van der Waals surface area (Å²) in [6, 6.07) is 2.04. The number of carbonyl (C=O) groups excluding carboxylic acids is 2. The molecule has 0 atom stereocenters. The Morgan fingerprint density at radius 1 is 1.11 bits per heavy atom. The van der Waals surface area contributed by atoms with Crippen LogP contribution in [0.15, 0.2) is 10.2 Å². The van der Waals surface area contributed by atoms with Gasteiger partial charge < -0.3 is 9.47 Å². The van der Waals surface area contributed by atoms with Crippen molar-refractivity contribution in [1.82, 2.24) is 9.36 Å². The zero-order valence-corrected chi connectivity index (χ0v) is 16.8. The van der Waals surface area contributed by atoms with E-state index in [1.165, 1.54) is 0 Å². The molecule has 0 bridgehead atoms. The minimum atomic E-state index is -1.27. The van der Waals surface area contributed by atoms with Crippen LogP contribution in [-0.2, 0) is 19.1 Å². The number of esters is 2. The molecule has 0 saturated heterocycles. The second-order valence-corrected chi connectivity index (χ2v) is 6.90. The number of rotatable bonds is 7. The Bertz CT molecular complexity index is 895. The van der Waals surface area contributed by atoms with Crippen LogP contribution < -0.4 is 0 Å². The first kappa shape index (κ1) is 20.6. The molecule has 0 unspecified atom stereocenters. The summed E-state index contributed by atoms with van der Waals surface area (Å²) in [5.74, 6) is -2.71. The van der Waals surface area contributed by atoms with E-state index in [1.807, 2.05) is 6.07 Å². The van der Waals surface area contributed by atoms with Gasteiger partial charge in [-0.15, -0.1) is 10.2 Å². The number of hydrogen-bond donors (Lipinski definition) is 0. The van der Waals surface area contributed by atoms with Crippen LogP contribution in [0.1, 0.15) is 41.7 Å². The van der Waals surface area contributed by atoms with Gasteiger partial charge in [0.2, 0.25) is 5.92 Å². The zero-order chi connectivity index (χ0) is 20.0. The van der Waals surface area contributed by atoms with E-state index < -0.39 is 17.9 Å². The van der Waals surface area contributed by atoms with Gasteiger partial charge >= 0.3 is 11.9 Å². The van der Waals surface area contributed by atoms with Gasteiger partial charge in [-0.05, 0) is 39.2 Å². The van der Waals surface area contributed by atoms with E-state index in [2.05, 4.69) is 19.6 Å². The summed E-state index contributed by atoms with van der Waals surface area (Å²) in [5.41, 5.74) is 1.45. The van der Waals surface area contributed by atoms with E-state index >= 15 is 0 Å². The second kappa shape index (κ2) is 9.29. The molecule has 2 heterocycles. The minimum Gasteiger partial charge on any atom is -0.465 e. The normalized spacial score (nSPS) is 11.0. The first-order valence-corrected chi connectivity index (χ1v) is 9.60. The quantitative estimate of drug-likeness (QED) is 0.389. The number of azo groups is 1. The molecule has 142 valence electrons. The molecule has 11 heteroatoms. The lowest BCUT2D eigenvalue weighted by Gasteiger charge is -2.11. The third-order valence-electron chi connectivity index (χ3n) is 3.27. The Labute approximate surface area is 163 Å². The lowest BCUT2D eigenvalue weighted by Crippen LogP contribution is -2.26. The highest BCUT2D eigenvalue weighted by molar-refractivity contribution is 7.16. The molecule has 0 aromatic carbocycles. The lowest BCUT2D eigenvalue weighted by molar-refractivity contribution is -0.156. The summed E-state index contributed by atoms with van der Waals surface area (Å²) in [6.45, 7) is 6.96. The van der Waals surface area contributed by atoms with Gasteiger partial charge in [-0.3, -0.25) is 9.59 Å². The highest BCUT2D eigenvalue weighted by Gasteiger charge is 2.35. The standard InChI is InChI=1S/C16H17N5O4S2/c1-5-24-15(22)11(16(23)25-6-2)14-18-9(4)12(26-14)19-20-13-10(7-17)8(3)21-27-13/h11H,5-6H2,1-4H3. The van der Waals surface area contributed by atoms with Crippen molar-refractivity contribution in [2.75, 3.05) is 13.2 Å². The largest absolute Gasteiger partial charge is 0.465 e. The van der Waals surface area contributed by atoms with Crippen LogP contribution in [0.4, 0.5) is 10.0 Å². The van der Waals surface area contributed by atoms with Crippen LogP contribution in [-0.4, -0.2) is 34.5 Å². The molecule has 2 aromatic rings. The number of aromatic nitrogens is 2. The molecule has 0 N–H and O–H groups in total. The van der Waals surface area contributed by atoms with Gasteiger partial charge in [0, 0.05) is 0 Å². The van der Waals surface area contributed by atoms with Gasteiger partial charge in [0.15, 0.2) is 10.0 Å². The first-order chi connectivity index (χ1) is 12.9. The smallest absolute Gasteiger partial charge is 0.327 e. The fraction of sp³-hybridized carbons (Fsp3) is 0.438. The average Bonchev–Trinajstić information content (AvgIpc) is 3.15. The topological polar surface area (TPSA) is 127 Å². The van der Waals surface area contributed by atoms with Crippen molar-refractivity contribution in [2.45, 2.75) is 33.6 Å². The highest BCUT2D eigenvalue weighted by Crippen LogP contribution is 2.35. The number of nitriles is 1. The molecule has 0 saturated carbocycles. The third kappa shape index (κ3) is 4.72. The molecule has 0 aliphatic rings. The summed E-state index contributed by atoms with van der Waals surface area (Å²) in [4.78, 5) is 28.6. The van der Waals surface area contributed by atoms with Crippen LogP contribution >= 0.6 is 22.9 Å². The Hall–Kier alpha value is -2.71. The monoisotopic (exact) mass is 407 g/mol. The van der Waals surface area contributed by atoms with Crippen molar-refractivity contribution in [3.05, 3.63) is 22.0 Å². The molecular formula is C16H17N5O4S2. The first-order valence-electron chi connectivity index (χ1n) is 8.01.